The van der Waals surface area contributed by atoms with Crippen molar-refractivity contribution in [3.8, 4) is 0 Å². The minimum absolute atomic E-state index is 0.102. The molecule has 0 aromatic rings. The predicted molar refractivity (Wildman–Crippen MR) is 61.9 cm³/mol. The first kappa shape index (κ1) is 14.9. The zero-order valence-corrected chi connectivity index (χ0v) is 10.2. The fourth-order valence-corrected chi connectivity index (χ4v) is 1.39. The molecule has 0 radical (unpaired) electrons. The summed E-state index contributed by atoms with van der Waals surface area (Å²) < 4.78 is 0. The number of carboxylic acids is 1. The fourth-order valence-electron chi connectivity index (χ4n) is 1.39. The van der Waals surface area contributed by atoms with E-state index in [0.29, 0.717) is 12.8 Å². The minimum atomic E-state index is -1.01. The summed E-state index contributed by atoms with van der Waals surface area (Å²) in [4.78, 5) is 22.5. The first-order valence-electron chi connectivity index (χ1n) is 5.72. The summed E-state index contributed by atoms with van der Waals surface area (Å²) in [6, 6.07) is -1.46. The molecule has 1 amide bonds. The summed E-state index contributed by atoms with van der Waals surface area (Å²) in [6.45, 7) is 5.61. The standard InChI is InChI=1S/C11H22N2O3/c1-4-6-8(12)10(14)13-9(11(15)16)7(3)5-2/h7-9H,4-6,12H2,1-3H3,(H,13,14)(H,15,16)/t7-,8+,9+/m0/s1. The topological polar surface area (TPSA) is 92.4 Å². The minimum Gasteiger partial charge on any atom is -0.480 e. The summed E-state index contributed by atoms with van der Waals surface area (Å²) >= 11 is 0. The van der Waals surface area contributed by atoms with Crippen molar-refractivity contribution in [1.29, 1.82) is 0 Å². The Balaban J connectivity index is 4.40. The number of nitrogens with two attached hydrogens (primary N) is 1. The molecule has 5 nitrogen and oxygen atoms in total. The number of nitrogens with one attached hydrogen (secondary N) is 1. The number of rotatable bonds is 7. The van der Waals surface area contributed by atoms with Crippen molar-refractivity contribution in [1.82, 2.24) is 5.32 Å². The monoisotopic (exact) mass is 230 g/mol. The number of hydrogen-bond acceptors (Lipinski definition) is 3. The zero-order valence-electron chi connectivity index (χ0n) is 10.2. The van der Waals surface area contributed by atoms with Gasteiger partial charge >= 0.3 is 5.97 Å². The predicted octanol–water partition coefficient (Wildman–Crippen LogP) is 0.729. The molecule has 0 spiro atoms. The lowest BCUT2D eigenvalue weighted by Gasteiger charge is -2.22. The van der Waals surface area contributed by atoms with E-state index in [1.54, 1.807) is 6.92 Å². The van der Waals surface area contributed by atoms with Gasteiger partial charge in [0.25, 0.3) is 0 Å². The van der Waals surface area contributed by atoms with Crippen LogP contribution in [0.15, 0.2) is 0 Å². The second kappa shape index (κ2) is 7.22. The smallest absolute Gasteiger partial charge is 0.326 e. The summed E-state index contributed by atoms with van der Waals surface area (Å²) in [5.41, 5.74) is 5.61. The highest BCUT2D eigenvalue weighted by Crippen LogP contribution is 2.08. The second-order valence-electron chi connectivity index (χ2n) is 4.11. The number of carbonyl (C=O) groups is 2. The molecule has 0 aliphatic carbocycles. The molecule has 0 aromatic carbocycles. The highest BCUT2D eigenvalue weighted by atomic mass is 16.4. The molecule has 0 aromatic heterocycles. The van der Waals surface area contributed by atoms with Gasteiger partial charge in [-0.25, -0.2) is 4.79 Å². The van der Waals surface area contributed by atoms with Crippen molar-refractivity contribution in [3.63, 3.8) is 0 Å². The van der Waals surface area contributed by atoms with Crippen LogP contribution in [0.25, 0.3) is 0 Å². The van der Waals surface area contributed by atoms with Gasteiger partial charge in [-0.3, -0.25) is 4.79 Å². The molecule has 0 bridgehead atoms. The van der Waals surface area contributed by atoms with Crippen LogP contribution in [0.2, 0.25) is 0 Å². The van der Waals surface area contributed by atoms with E-state index in [-0.39, 0.29) is 11.8 Å². The molecule has 0 saturated heterocycles. The molecule has 0 saturated carbocycles. The van der Waals surface area contributed by atoms with Crippen molar-refractivity contribution in [2.45, 2.75) is 52.1 Å². The van der Waals surface area contributed by atoms with Crippen LogP contribution in [0.5, 0.6) is 0 Å². The lowest BCUT2D eigenvalue weighted by atomic mass is 9.98. The van der Waals surface area contributed by atoms with Crippen molar-refractivity contribution < 1.29 is 14.7 Å². The molecule has 5 heteroatoms. The Morgan fingerprint density at radius 3 is 2.31 bits per heavy atom. The van der Waals surface area contributed by atoms with E-state index < -0.39 is 18.1 Å². The number of aliphatic carboxylic acids is 1. The van der Waals surface area contributed by atoms with Crippen LogP contribution in [0.4, 0.5) is 0 Å². The largest absolute Gasteiger partial charge is 0.480 e. The van der Waals surface area contributed by atoms with E-state index in [4.69, 9.17) is 10.8 Å². The molecular formula is C11H22N2O3. The first-order valence-corrected chi connectivity index (χ1v) is 5.72. The van der Waals surface area contributed by atoms with Gasteiger partial charge in [0, 0.05) is 0 Å². The van der Waals surface area contributed by atoms with E-state index >= 15 is 0 Å². The van der Waals surface area contributed by atoms with Gasteiger partial charge in [0.2, 0.25) is 5.91 Å². The summed E-state index contributed by atoms with van der Waals surface area (Å²) in [7, 11) is 0. The maximum atomic E-state index is 11.6. The second-order valence-corrected chi connectivity index (χ2v) is 4.11. The van der Waals surface area contributed by atoms with Crippen molar-refractivity contribution in [3.05, 3.63) is 0 Å². The van der Waals surface area contributed by atoms with Gasteiger partial charge < -0.3 is 16.2 Å². The van der Waals surface area contributed by atoms with E-state index in [9.17, 15) is 9.59 Å². The van der Waals surface area contributed by atoms with Crippen LogP contribution in [-0.4, -0.2) is 29.1 Å². The molecular weight excluding hydrogens is 208 g/mol. The quantitative estimate of drug-likeness (QED) is 0.601. The van der Waals surface area contributed by atoms with E-state index in [1.165, 1.54) is 0 Å². The molecule has 4 N–H and O–H groups in total. The van der Waals surface area contributed by atoms with Gasteiger partial charge in [0.15, 0.2) is 0 Å². The van der Waals surface area contributed by atoms with E-state index in [0.717, 1.165) is 6.42 Å². The van der Waals surface area contributed by atoms with Gasteiger partial charge in [0.05, 0.1) is 6.04 Å². The van der Waals surface area contributed by atoms with Crippen LogP contribution in [0.1, 0.15) is 40.0 Å². The summed E-state index contributed by atoms with van der Waals surface area (Å²) in [5, 5.41) is 11.5. The third kappa shape index (κ3) is 4.61. The lowest BCUT2D eigenvalue weighted by molar-refractivity contribution is -0.143. The average Bonchev–Trinajstić information content (AvgIpc) is 2.24. The Labute approximate surface area is 96.4 Å². The number of hydrogen-bond donors (Lipinski definition) is 3. The Morgan fingerprint density at radius 2 is 1.94 bits per heavy atom. The molecule has 0 rings (SSSR count). The summed E-state index contributed by atoms with van der Waals surface area (Å²) in [5.74, 6) is -1.49. The Hall–Kier alpha value is -1.10. The molecule has 16 heavy (non-hydrogen) atoms. The molecule has 3 atom stereocenters. The zero-order chi connectivity index (χ0) is 12.7. The average molecular weight is 230 g/mol. The van der Waals surface area contributed by atoms with Gasteiger partial charge in [-0.05, 0) is 12.3 Å². The number of amides is 1. The molecule has 0 aliphatic rings. The van der Waals surface area contributed by atoms with Crippen LogP contribution in [0.3, 0.4) is 0 Å². The molecule has 0 unspecified atom stereocenters. The van der Waals surface area contributed by atoms with Crippen LogP contribution in [-0.2, 0) is 9.59 Å². The van der Waals surface area contributed by atoms with Crippen molar-refractivity contribution in [2.75, 3.05) is 0 Å². The SMILES string of the molecule is CCC[C@@H](N)C(=O)N[C@@H](C(=O)O)[C@@H](C)CC. The van der Waals surface area contributed by atoms with Crippen LogP contribution >= 0.6 is 0 Å². The maximum Gasteiger partial charge on any atom is 0.326 e. The van der Waals surface area contributed by atoms with Crippen LogP contribution in [0, 0.1) is 5.92 Å². The number of carboxylic acid groups (broad SMARTS) is 1. The first-order chi connectivity index (χ1) is 7.43. The highest BCUT2D eigenvalue weighted by Gasteiger charge is 2.26. The Kier molecular flexibility index (Phi) is 6.72. The molecule has 0 aliphatic heterocycles. The third-order valence-electron chi connectivity index (χ3n) is 2.71. The Bertz CT molecular complexity index is 243. The molecule has 94 valence electrons. The summed E-state index contributed by atoms with van der Waals surface area (Å²) in [6.07, 6.45) is 2.06. The Morgan fingerprint density at radius 1 is 1.38 bits per heavy atom. The fraction of sp³-hybridized carbons (Fsp3) is 0.818. The highest BCUT2D eigenvalue weighted by molar-refractivity contribution is 5.86. The van der Waals surface area contributed by atoms with E-state index in [2.05, 4.69) is 5.32 Å². The van der Waals surface area contributed by atoms with Gasteiger partial charge in [-0.15, -0.1) is 0 Å². The van der Waals surface area contributed by atoms with Gasteiger partial charge in [-0.1, -0.05) is 33.6 Å². The van der Waals surface area contributed by atoms with Crippen molar-refractivity contribution >= 4 is 11.9 Å². The van der Waals surface area contributed by atoms with E-state index in [1.807, 2.05) is 13.8 Å². The third-order valence-corrected chi connectivity index (χ3v) is 2.71. The van der Waals surface area contributed by atoms with Gasteiger partial charge in [-0.2, -0.15) is 0 Å². The maximum absolute atomic E-state index is 11.6. The molecule has 0 fully saturated rings. The number of carbonyl (C=O) groups excluding carboxylic acids is 1. The lowest BCUT2D eigenvalue weighted by Crippen LogP contribution is -2.50. The van der Waals surface area contributed by atoms with Crippen LogP contribution < -0.4 is 11.1 Å². The molecule has 0 heterocycles. The van der Waals surface area contributed by atoms with Crippen molar-refractivity contribution in [2.24, 2.45) is 11.7 Å². The normalized spacial score (nSPS) is 16.2. The van der Waals surface area contributed by atoms with Gasteiger partial charge in [0.1, 0.15) is 6.04 Å².